The predicted octanol–water partition coefficient (Wildman–Crippen LogP) is 4.12. The highest BCUT2D eigenvalue weighted by atomic mass is 19.4. The van der Waals surface area contributed by atoms with Crippen LogP contribution in [0.15, 0.2) is 18.2 Å². The van der Waals surface area contributed by atoms with Crippen molar-refractivity contribution in [3.8, 4) is 0 Å². The summed E-state index contributed by atoms with van der Waals surface area (Å²) >= 11 is 0. The zero-order valence-corrected chi connectivity index (χ0v) is 13.5. The van der Waals surface area contributed by atoms with Crippen molar-refractivity contribution in [1.29, 1.82) is 0 Å². The maximum Gasteiger partial charge on any atom is 0.416 e. The number of alkyl halides is 9. The van der Waals surface area contributed by atoms with Crippen molar-refractivity contribution >= 4 is 17.5 Å². The van der Waals surface area contributed by atoms with Gasteiger partial charge in [-0.1, -0.05) is 0 Å². The monoisotopic (exact) mass is 422 g/mol. The Morgan fingerprint density at radius 2 is 1.39 bits per heavy atom. The fourth-order valence-electron chi connectivity index (χ4n) is 2.56. The van der Waals surface area contributed by atoms with E-state index in [1.54, 1.807) is 10.6 Å². The van der Waals surface area contributed by atoms with Crippen LogP contribution in [0, 0.1) is 5.92 Å². The summed E-state index contributed by atoms with van der Waals surface area (Å²) in [5, 5.41) is 3.30. The first kappa shape index (κ1) is 21.8. The molecule has 0 bridgehead atoms. The van der Waals surface area contributed by atoms with Crippen LogP contribution in [-0.4, -0.2) is 24.0 Å². The first-order chi connectivity index (χ1) is 12.6. The van der Waals surface area contributed by atoms with E-state index in [0.717, 1.165) is 0 Å². The van der Waals surface area contributed by atoms with Crippen molar-refractivity contribution in [2.75, 3.05) is 5.32 Å². The molecule has 0 spiro atoms. The minimum atomic E-state index is -5.15. The molecule has 1 aliphatic heterocycles. The van der Waals surface area contributed by atoms with Gasteiger partial charge in [-0.15, -0.1) is 0 Å². The maximum atomic E-state index is 12.8. The summed E-state index contributed by atoms with van der Waals surface area (Å²) in [6.45, 7) is 0. The lowest BCUT2D eigenvalue weighted by Crippen LogP contribution is -2.53. The molecule has 1 aliphatic rings. The standard InChI is InChI=1S/C15H11F9N2O2/c16-13(17,18)6-3-7(14(19,20)21)5-8(4-6)25-11(27)9-1-2-10(15(22,23)24)26-12(9)28/h3-5,9-10H,1-2H2,(H,25,27)(H,26,28)/t9-,10+/m0/s1. The molecule has 0 unspecified atom stereocenters. The van der Waals surface area contributed by atoms with Gasteiger partial charge >= 0.3 is 18.5 Å². The third-order valence-electron chi connectivity index (χ3n) is 3.94. The van der Waals surface area contributed by atoms with Crippen molar-refractivity contribution < 1.29 is 49.1 Å². The summed E-state index contributed by atoms with van der Waals surface area (Å²) in [5.41, 5.74) is -4.27. The Balaban J connectivity index is 2.23. The van der Waals surface area contributed by atoms with Crippen LogP contribution in [0.5, 0.6) is 0 Å². The Kier molecular flexibility index (Phi) is 5.59. The van der Waals surface area contributed by atoms with Gasteiger partial charge < -0.3 is 10.6 Å². The molecule has 2 atom stereocenters. The van der Waals surface area contributed by atoms with E-state index >= 15 is 0 Å². The molecule has 1 saturated heterocycles. The average Bonchev–Trinajstić information content (AvgIpc) is 2.51. The van der Waals surface area contributed by atoms with Crippen molar-refractivity contribution in [3.05, 3.63) is 29.3 Å². The molecule has 1 aromatic carbocycles. The fraction of sp³-hybridized carbons (Fsp3) is 0.467. The minimum absolute atomic E-state index is 0.156. The number of amides is 2. The highest BCUT2D eigenvalue weighted by molar-refractivity contribution is 6.07. The number of hydrogen-bond acceptors (Lipinski definition) is 2. The Hall–Kier alpha value is -2.47. The lowest BCUT2D eigenvalue weighted by molar-refractivity contribution is -0.170. The molecule has 0 aliphatic carbocycles. The number of carbonyl (C=O) groups is 2. The second kappa shape index (κ2) is 7.17. The number of rotatable bonds is 2. The summed E-state index contributed by atoms with van der Waals surface area (Å²) in [5.74, 6) is -4.33. The van der Waals surface area contributed by atoms with Crippen LogP contribution in [0.3, 0.4) is 0 Å². The van der Waals surface area contributed by atoms with Crippen LogP contribution in [0.25, 0.3) is 0 Å². The Labute approximate surface area is 151 Å². The van der Waals surface area contributed by atoms with E-state index in [0.29, 0.717) is 0 Å². The van der Waals surface area contributed by atoms with Crippen LogP contribution >= 0.6 is 0 Å². The number of hydrogen-bond donors (Lipinski definition) is 2. The predicted molar refractivity (Wildman–Crippen MR) is 75.8 cm³/mol. The smallest absolute Gasteiger partial charge is 0.344 e. The topological polar surface area (TPSA) is 58.2 Å². The third-order valence-corrected chi connectivity index (χ3v) is 3.94. The van der Waals surface area contributed by atoms with Crippen LogP contribution in [0.1, 0.15) is 24.0 Å². The van der Waals surface area contributed by atoms with Gasteiger partial charge in [-0.25, -0.2) is 0 Å². The first-order valence-corrected chi connectivity index (χ1v) is 7.56. The molecule has 2 rings (SSSR count). The van der Waals surface area contributed by atoms with Crippen LogP contribution in [-0.2, 0) is 21.9 Å². The number of benzene rings is 1. The van der Waals surface area contributed by atoms with Crippen molar-refractivity contribution in [2.45, 2.75) is 37.4 Å². The van der Waals surface area contributed by atoms with Crippen molar-refractivity contribution in [1.82, 2.24) is 5.32 Å². The lowest BCUT2D eigenvalue weighted by atomic mass is 9.92. The quantitative estimate of drug-likeness (QED) is 0.557. The van der Waals surface area contributed by atoms with E-state index in [9.17, 15) is 49.1 Å². The molecule has 0 aromatic heterocycles. The highest BCUT2D eigenvalue weighted by Gasteiger charge is 2.46. The highest BCUT2D eigenvalue weighted by Crippen LogP contribution is 2.38. The van der Waals surface area contributed by atoms with Gasteiger partial charge in [0, 0.05) is 5.69 Å². The summed E-state index contributed by atoms with van der Waals surface area (Å²) in [6, 6.07) is -1.88. The molecule has 1 aromatic rings. The van der Waals surface area contributed by atoms with Gasteiger partial charge in [0.15, 0.2) is 0 Å². The SMILES string of the molecule is O=C(Nc1cc(C(F)(F)F)cc(C(F)(F)F)c1)[C@@H]1CC[C@H](C(F)(F)F)NC1=O. The van der Waals surface area contributed by atoms with E-state index in [2.05, 4.69) is 0 Å². The molecule has 4 nitrogen and oxygen atoms in total. The van der Waals surface area contributed by atoms with Gasteiger partial charge in [0.05, 0.1) is 11.1 Å². The number of piperidine rings is 1. The molecule has 0 radical (unpaired) electrons. The molecule has 28 heavy (non-hydrogen) atoms. The molecule has 2 N–H and O–H groups in total. The number of halogens is 9. The van der Waals surface area contributed by atoms with E-state index in [1.807, 2.05) is 0 Å². The fourth-order valence-corrected chi connectivity index (χ4v) is 2.56. The summed E-state index contributed by atoms with van der Waals surface area (Å²) in [6.07, 6.45) is -16.3. The van der Waals surface area contributed by atoms with Crippen LogP contribution < -0.4 is 10.6 Å². The van der Waals surface area contributed by atoms with Gasteiger partial charge in [-0.3, -0.25) is 9.59 Å². The van der Waals surface area contributed by atoms with Gasteiger partial charge in [-0.05, 0) is 31.0 Å². The molecule has 2 amide bonds. The third kappa shape index (κ3) is 5.07. The molecular weight excluding hydrogens is 411 g/mol. The molecule has 13 heteroatoms. The molecule has 1 heterocycles. The Bertz CT molecular complexity index is 736. The lowest BCUT2D eigenvalue weighted by Gasteiger charge is -2.29. The minimum Gasteiger partial charge on any atom is -0.344 e. The van der Waals surface area contributed by atoms with E-state index < -0.39 is 72.0 Å². The second-order valence-corrected chi connectivity index (χ2v) is 6.02. The molecule has 1 fully saturated rings. The summed E-state index contributed by atoms with van der Waals surface area (Å²) < 4.78 is 114. The zero-order chi connectivity index (χ0) is 21.5. The van der Waals surface area contributed by atoms with Crippen molar-refractivity contribution in [3.63, 3.8) is 0 Å². The number of anilines is 1. The Morgan fingerprint density at radius 1 is 0.893 bits per heavy atom. The molecule has 156 valence electrons. The molecular formula is C15H11F9N2O2. The zero-order valence-electron chi connectivity index (χ0n) is 13.5. The number of carbonyl (C=O) groups excluding carboxylic acids is 2. The van der Waals surface area contributed by atoms with Gasteiger partial charge in [0.1, 0.15) is 12.0 Å². The van der Waals surface area contributed by atoms with Gasteiger partial charge in [0.25, 0.3) is 0 Å². The normalized spacial score (nSPS) is 21.2. The van der Waals surface area contributed by atoms with E-state index in [1.165, 1.54) is 0 Å². The van der Waals surface area contributed by atoms with Crippen LogP contribution in [0.2, 0.25) is 0 Å². The average molecular weight is 422 g/mol. The summed E-state index contributed by atoms with van der Waals surface area (Å²) in [4.78, 5) is 23.7. The van der Waals surface area contributed by atoms with Gasteiger partial charge in [0.2, 0.25) is 11.8 Å². The second-order valence-electron chi connectivity index (χ2n) is 6.02. The maximum absolute atomic E-state index is 12.8. The summed E-state index contributed by atoms with van der Waals surface area (Å²) in [7, 11) is 0. The largest absolute Gasteiger partial charge is 0.416 e. The van der Waals surface area contributed by atoms with Crippen molar-refractivity contribution in [2.24, 2.45) is 5.92 Å². The van der Waals surface area contributed by atoms with E-state index in [4.69, 9.17) is 0 Å². The van der Waals surface area contributed by atoms with E-state index in [-0.39, 0.29) is 18.2 Å². The molecule has 0 saturated carbocycles. The van der Waals surface area contributed by atoms with Gasteiger partial charge in [-0.2, -0.15) is 39.5 Å². The number of nitrogens with one attached hydrogen (secondary N) is 2. The first-order valence-electron chi connectivity index (χ1n) is 7.56. The van der Waals surface area contributed by atoms with Crippen LogP contribution in [0.4, 0.5) is 45.2 Å². The Morgan fingerprint density at radius 3 is 1.79 bits per heavy atom.